The SMILES string of the molecule is CC(C)(O)[C@@H](C1CC1)N1Cc2cccc(/C=C/c3ccc(F)cc3F)c2C1=O. The summed E-state index contributed by atoms with van der Waals surface area (Å²) in [4.78, 5) is 15.0. The van der Waals surface area contributed by atoms with E-state index in [1.54, 1.807) is 30.9 Å². The van der Waals surface area contributed by atoms with Gasteiger partial charge in [-0.3, -0.25) is 4.79 Å². The monoisotopic (exact) mass is 383 g/mol. The molecule has 1 fully saturated rings. The molecular formula is C23H23F2NO2. The van der Waals surface area contributed by atoms with Gasteiger partial charge in [0, 0.05) is 18.2 Å². The van der Waals surface area contributed by atoms with E-state index in [1.165, 1.54) is 12.1 Å². The first-order valence-corrected chi connectivity index (χ1v) is 9.54. The van der Waals surface area contributed by atoms with Crippen molar-refractivity contribution in [3.8, 4) is 0 Å². The standard InChI is InChI=1S/C23H23F2NO2/c1-23(2,28)21(16-8-9-16)26-13-17-5-3-4-15(20(17)22(26)27)7-6-14-10-11-18(24)12-19(14)25/h3-7,10-12,16,21,28H,8-9,13H2,1-2H3/b7-6+/t21-/m1/s1. The summed E-state index contributed by atoms with van der Waals surface area (Å²) < 4.78 is 27.0. The highest BCUT2D eigenvalue weighted by Gasteiger charge is 2.48. The second-order valence-corrected chi connectivity index (χ2v) is 8.25. The average molecular weight is 383 g/mol. The fraction of sp³-hybridized carbons (Fsp3) is 0.348. The highest BCUT2D eigenvalue weighted by atomic mass is 19.1. The number of nitrogens with zero attached hydrogens (tertiary/aromatic N) is 1. The Kier molecular flexibility index (Phi) is 4.58. The molecule has 4 rings (SSSR count). The first-order valence-electron chi connectivity index (χ1n) is 9.54. The number of rotatable bonds is 5. The van der Waals surface area contributed by atoms with Crippen molar-refractivity contribution in [3.05, 3.63) is 70.3 Å². The van der Waals surface area contributed by atoms with E-state index < -0.39 is 17.2 Å². The fourth-order valence-electron chi connectivity index (χ4n) is 4.22. The van der Waals surface area contributed by atoms with Gasteiger partial charge in [0.25, 0.3) is 5.91 Å². The summed E-state index contributed by atoms with van der Waals surface area (Å²) in [6.45, 7) is 3.97. The molecule has 0 unspecified atom stereocenters. The lowest BCUT2D eigenvalue weighted by Crippen LogP contribution is -2.51. The second-order valence-electron chi connectivity index (χ2n) is 8.25. The minimum Gasteiger partial charge on any atom is -0.388 e. The van der Waals surface area contributed by atoms with E-state index in [0.717, 1.165) is 24.5 Å². The number of hydrogen-bond donors (Lipinski definition) is 1. The van der Waals surface area contributed by atoms with Crippen LogP contribution in [0.5, 0.6) is 0 Å². The first kappa shape index (κ1) is 18.8. The predicted octanol–water partition coefficient (Wildman–Crippen LogP) is 4.64. The Morgan fingerprint density at radius 3 is 2.50 bits per heavy atom. The summed E-state index contributed by atoms with van der Waals surface area (Å²) in [6.07, 6.45) is 5.28. The maximum atomic E-state index is 13.9. The third-order valence-corrected chi connectivity index (χ3v) is 5.53. The number of aliphatic hydroxyl groups is 1. The van der Waals surface area contributed by atoms with Crippen molar-refractivity contribution in [3.63, 3.8) is 0 Å². The van der Waals surface area contributed by atoms with E-state index in [9.17, 15) is 18.7 Å². The molecule has 1 heterocycles. The molecule has 1 amide bonds. The maximum Gasteiger partial charge on any atom is 0.255 e. The summed E-state index contributed by atoms with van der Waals surface area (Å²) in [5, 5.41) is 10.6. The van der Waals surface area contributed by atoms with E-state index in [-0.39, 0.29) is 17.5 Å². The molecule has 1 aliphatic heterocycles. The van der Waals surface area contributed by atoms with Crippen LogP contribution in [-0.4, -0.2) is 27.6 Å². The van der Waals surface area contributed by atoms with Crippen LogP contribution in [0.1, 0.15) is 53.7 Å². The maximum absolute atomic E-state index is 13.9. The number of amides is 1. The molecule has 2 aliphatic rings. The minimum atomic E-state index is -0.980. The molecule has 3 nitrogen and oxygen atoms in total. The van der Waals surface area contributed by atoms with Crippen LogP contribution in [-0.2, 0) is 6.54 Å². The summed E-state index contributed by atoms with van der Waals surface area (Å²) in [5.41, 5.74) is 1.47. The van der Waals surface area contributed by atoms with Crippen molar-refractivity contribution in [2.75, 3.05) is 0 Å². The molecule has 0 bridgehead atoms. The van der Waals surface area contributed by atoms with Crippen LogP contribution in [0.2, 0.25) is 0 Å². The number of fused-ring (bicyclic) bond motifs is 1. The summed E-state index contributed by atoms with van der Waals surface area (Å²) in [5.74, 6) is -1.05. The van der Waals surface area contributed by atoms with Crippen LogP contribution in [0.15, 0.2) is 36.4 Å². The Labute approximate surface area is 163 Å². The van der Waals surface area contributed by atoms with Gasteiger partial charge in [-0.1, -0.05) is 30.4 Å². The van der Waals surface area contributed by atoms with Crippen molar-refractivity contribution in [1.29, 1.82) is 0 Å². The topological polar surface area (TPSA) is 40.5 Å². The van der Waals surface area contributed by atoms with E-state index in [0.29, 0.717) is 23.6 Å². The molecule has 1 aliphatic carbocycles. The van der Waals surface area contributed by atoms with E-state index in [1.807, 2.05) is 18.2 Å². The highest BCUT2D eigenvalue weighted by Crippen LogP contribution is 2.43. The van der Waals surface area contributed by atoms with Crippen LogP contribution in [0.25, 0.3) is 12.2 Å². The molecule has 2 aromatic rings. The Morgan fingerprint density at radius 2 is 1.86 bits per heavy atom. The average Bonchev–Trinajstić information content (AvgIpc) is 3.38. The molecule has 28 heavy (non-hydrogen) atoms. The van der Waals surface area contributed by atoms with Gasteiger partial charge in [0.1, 0.15) is 11.6 Å². The zero-order chi connectivity index (χ0) is 20.1. The van der Waals surface area contributed by atoms with Crippen molar-refractivity contribution in [2.45, 2.75) is 44.9 Å². The van der Waals surface area contributed by atoms with E-state index >= 15 is 0 Å². The number of carbonyl (C=O) groups excluding carboxylic acids is 1. The quantitative estimate of drug-likeness (QED) is 0.764. The van der Waals surface area contributed by atoms with Crippen molar-refractivity contribution in [2.24, 2.45) is 5.92 Å². The normalized spacial score (nSPS) is 18.0. The van der Waals surface area contributed by atoms with Crippen molar-refractivity contribution in [1.82, 2.24) is 4.90 Å². The van der Waals surface area contributed by atoms with Crippen LogP contribution < -0.4 is 0 Å². The largest absolute Gasteiger partial charge is 0.388 e. The lowest BCUT2D eigenvalue weighted by Gasteiger charge is -2.37. The van der Waals surface area contributed by atoms with Gasteiger partial charge in [0.2, 0.25) is 0 Å². The number of halogens is 2. The van der Waals surface area contributed by atoms with E-state index in [2.05, 4.69) is 0 Å². The summed E-state index contributed by atoms with van der Waals surface area (Å²) >= 11 is 0. The lowest BCUT2D eigenvalue weighted by molar-refractivity contribution is -0.0224. The molecule has 0 radical (unpaired) electrons. The van der Waals surface area contributed by atoms with Crippen LogP contribution >= 0.6 is 0 Å². The van der Waals surface area contributed by atoms with Crippen molar-refractivity contribution < 1.29 is 18.7 Å². The summed E-state index contributed by atoms with van der Waals surface area (Å²) in [6, 6.07) is 8.78. The van der Waals surface area contributed by atoms with Gasteiger partial charge in [-0.15, -0.1) is 0 Å². The molecular weight excluding hydrogens is 360 g/mol. The highest BCUT2D eigenvalue weighted by molar-refractivity contribution is 6.02. The molecule has 0 spiro atoms. The Bertz CT molecular complexity index is 958. The molecule has 146 valence electrons. The molecule has 0 saturated heterocycles. The minimum absolute atomic E-state index is 0.103. The number of carbonyl (C=O) groups is 1. The predicted molar refractivity (Wildman–Crippen MR) is 104 cm³/mol. The van der Waals surface area contributed by atoms with Gasteiger partial charge in [-0.25, -0.2) is 8.78 Å². The van der Waals surface area contributed by atoms with Gasteiger partial charge in [0.05, 0.1) is 17.2 Å². The fourth-order valence-corrected chi connectivity index (χ4v) is 4.22. The smallest absolute Gasteiger partial charge is 0.255 e. The zero-order valence-electron chi connectivity index (χ0n) is 16.0. The van der Waals surface area contributed by atoms with Gasteiger partial charge in [-0.2, -0.15) is 0 Å². The second kappa shape index (κ2) is 6.82. The third kappa shape index (κ3) is 3.47. The van der Waals surface area contributed by atoms with Gasteiger partial charge >= 0.3 is 0 Å². The molecule has 1 saturated carbocycles. The first-order chi connectivity index (χ1) is 13.3. The van der Waals surface area contributed by atoms with Crippen LogP contribution in [0.4, 0.5) is 8.78 Å². The summed E-state index contributed by atoms with van der Waals surface area (Å²) in [7, 11) is 0. The van der Waals surface area contributed by atoms with Gasteiger partial charge in [0.15, 0.2) is 0 Å². The van der Waals surface area contributed by atoms with E-state index in [4.69, 9.17) is 0 Å². The molecule has 5 heteroatoms. The van der Waals surface area contributed by atoms with Gasteiger partial charge in [-0.05, 0) is 55.9 Å². The third-order valence-electron chi connectivity index (χ3n) is 5.53. The Morgan fingerprint density at radius 1 is 1.14 bits per heavy atom. The van der Waals surface area contributed by atoms with Crippen molar-refractivity contribution >= 4 is 18.1 Å². The lowest BCUT2D eigenvalue weighted by atomic mass is 9.93. The number of benzene rings is 2. The van der Waals surface area contributed by atoms with Gasteiger partial charge < -0.3 is 10.0 Å². The Balaban J connectivity index is 1.66. The molecule has 1 N–H and O–H groups in total. The number of hydrogen-bond acceptors (Lipinski definition) is 2. The zero-order valence-corrected chi connectivity index (χ0v) is 16.0. The molecule has 0 aromatic heterocycles. The molecule has 2 aromatic carbocycles. The van der Waals surface area contributed by atoms with Crippen LogP contribution in [0, 0.1) is 17.6 Å². The van der Waals surface area contributed by atoms with Crippen LogP contribution in [0.3, 0.4) is 0 Å². The molecule has 1 atom stereocenters. The Hall–Kier alpha value is -2.53.